The van der Waals surface area contributed by atoms with Crippen LogP contribution >= 0.6 is 7.82 Å². The van der Waals surface area contributed by atoms with Crippen LogP contribution in [0.1, 0.15) is 181 Å². The number of aliphatic hydroxyl groups is 5. The maximum absolute atomic E-state index is 12.8. The third-order valence-electron chi connectivity index (χ3n) is 10.6. The van der Waals surface area contributed by atoms with E-state index < -0.39 is 75.7 Å². The molecule has 1 aliphatic rings. The average molecular weight is 887 g/mol. The number of carbonyl (C=O) groups excluding carboxylic acids is 2. The monoisotopic (exact) mass is 887 g/mol. The lowest BCUT2D eigenvalue weighted by atomic mass is 9.85. The number of unbranched alkanes of at least 4 members (excludes halogenated alkanes) is 18. The Labute approximate surface area is 367 Å². The first-order chi connectivity index (χ1) is 29.4. The summed E-state index contributed by atoms with van der Waals surface area (Å²) >= 11 is 0. The Kier molecular flexibility index (Phi) is 34.7. The van der Waals surface area contributed by atoms with Gasteiger partial charge in [-0.25, -0.2) is 4.57 Å². The molecule has 1 fully saturated rings. The number of phosphoric ester groups is 1. The summed E-state index contributed by atoms with van der Waals surface area (Å²) in [5.74, 6) is -1.19. The standard InChI is InChI=1S/C47H83O13P/c1-3-5-7-9-11-13-15-17-19-20-22-24-26-28-30-32-34-36-41(49)59-39(38-58-61(55,56)60-47-45(53)43(51)42(50)44(52)46(47)54)37-57-40(48)35-33-31-29-27-25-23-21-18-16-14-12-10-8-6-4-2/h18,21-22,24-25,27-28,30,39,42-47,50-54H,3-17,19-20,23,26,29,31-38H2,1-2H3,(H,55,56)/b21-18+,24-22+,27-25+,30-28+/t39-,42?,43+,44?,45?,46?,47?/m1/s1. The van der Waals surface area contributed by atoms with Crippen molar-refractivity contribution in [1.29, 1.82) is 0 Å². The lowest BCUT2D eigenvalue weighted by Gasteiger charge is -2.41. The minimum atomic E-state index is -5.14. The fourth-order valence-corrected chi connectivity index (χ4v) is 7.80. The molecule has 14 heteroatoms. The first-order valence-corrected chi connectivity index (χ1v) is 24.9. The Morgan fingerprint density at radius 1 is 0.508 bits per heavy atom. The molecule has 6 unspecified atom stereocenters. The molecule has 1 rings (SSSR count). The third-order valence-corrected chi connectivity index (χ3v) is 11.6. The molecule has 0 aromatic heterocycles. The van der Waals surface area contributed by atoms with Gasteiger partial charge in [-0.15, -0.1) is 0 Å². The molecular formula is C47H83O13P. The Morgan fingerprint density at radius 2 is 0.902 bits per heavy atom. The molecular weight excluding hydrogens is 803 g/mol. The van der Waals surface area contributed by atoms with Crippen molar-refractivity contribution in [2.24, 2.45) is 0 Å². The zero-order chi connectivity index (χ0) is 45.0. The summed E-state index contributed by atoms with van der Waals surface area (Å²) in [5, 5.41) is 50.1. The van der Waals surface area contributed by atoms with E-state index in [4.69, 9.17) is 18.5 Å². The van der Waals surface area contributed by atoms with Gasteiger partial charge in [-0.1, -0.05) is 146 Å². The quantitative estimate of drug-likeness (QED) is 0.0148. The van der Waals surface area contributed by atoms with E-state index in [9.17, 15) is 44.6 Å². The molecule has 0 amide bonds. The van der Waals surface area contributed by atoms with Crippen LogP contribution in [0.25, 0.3) is 0 Å². The molecule has 13 nitrogen and oxygen atoms in total. The van der Waals surface area contributed by atoms with E-state index in [0.29, 0.717) is 19.3 Å². The van der Waals surface area contributed by atoms with Crippen molar-refractivity contribution < 1.29 is 63.1 Å². The molecule has 8 atom stereocenters. The smallest absolute Gasteiger partial charge is 0.462 e. The van der Waals surface area contributed by atoms with E-state index in [1.54, 1.807) is 0 Å². The van der Waals surface area contributed by atoms with E-state index >= 15 is 0 Å². The second-order valence-corrected chi connectivity index (χ2v) is 17.7. The second-order valence-electron chi connectivity index (χ2n) is 16.3. The molecule has 61 heavy (non-hydrogen) atoms. The average Bonchev–Trinajstić information content (AvgIpc) is 3.24. The molecule has 0 heterocycles. The fraction of sp³-hybridized carbons (Fsp3) is 0.787. The van der Waals surface area contributed by atoms with E-state index in [1.165, 1.54) is 96.3 Å². The van der Waals surface area contributed by atoms with Crippen molar-refractivity contribution in [2.75, 3.05) is 13.2 Å². The van der Waals surface area contributed by atoms with Crippen molar-refractivity contribution in [1.82, 2.24) is 0 Å². The Hall–Kier alpha value is -2.19. The topological polar surface area (TPSA) is 210 Å². The number of aliphatic hydroxyl groups excluding tert-OH is 5. The molecule has 0 aliphatic heterocycles. The highest BCUT2D eigenvalue weighted by Crippen LogP contribution is 2.47. The maximum atomic E-state index is 12.8. The highest BCUT2D eigenvalue weighted by Gasteiger charge is 2.51. The number of hydrogen-bond donors (Lipinski definition) is 6. The molecule has 1 saturated carbocycles. The highest BCUT2D eigenvalue weighted by atomic mass is 31.2. The van der Waals surface area contributed by atoms with Crippen molar-refractivity contribution in [3.63, 3.8) is 0 Å². The number of ether oxygens (including phenoxy) is 2. The Balaban J connectivity index is 2.51. The predicted octanol–water partition coefficient (Wildman–Crippen LogP) is 9.17. The minimum absolute atomic E-state index is 0.0253. The zero-order valence-corrected chi connectivity index (χ0v) is 38.3. The van der Waals surface area contributed by atoms with Gasteiger partial charge in [0, 0.05) is 12.8 Å². The van der Waals surface area contributed by atoms with E-state index in [1.807, 2.05) is 12.2 Å². The summed E-state index contributed by atoms with van der Waals surface area (Å²) in [7, 11) is -5.14. The van der Waals surface area contributed by atoms with Crippen LogP contribution in [0.3, 0.4) is 0 Å². The van der Waals surface area contributed by atoms with Crippen molar-refractivity contribution >= 4 is 19.8 Å². The normalized spacial score (nSPS) is 22.4. The largest absolute Gasteiger partial charge is 0.472 e. The van der Waals surface area contributed by atoms with E-state index in [2.05, 4.69) is 50.3 Å². The van der Waals surface area contributed by atoms with Crippen molar-refractivity contribution in [3.8, 4) is 0 Å². The number of rotatable bonds is 38. The van der Waals surface area contributed by atoms with Gasteiger partial charge in [0.05, 0.1) is 6.61 Å². The Morgan fingerprint density at radius 3 is 1.38 bits per heavy atom. The van der Waals surface area contributed by atoms with Gasteiger partial charge in [0.2, 0.25) is 0 Å². The van der Waals surface area contributed by atoms with E-state index in [0.717, 1.165) is 38.5 Å². The maximum Gasteiger partial charge on any atom is 0.472 e. The van der Waals surface area contributed by atoms with Gasteiger partial charge in [-0.05, 0) is 70.6 Å². The summed E-state index contributed by atoms with van der Waals surface area (Å²) in [6.07, 6.45) is 30.4. The molecule has 0 spiro atoms. The fourth-order valence-electron chi connectivity index (χ4n) is 6.83. The number of allylic oxidation sites excluding steroid dienone is 8. The molecule has 1 aliphatic carbocycles. The van der Waals surface area contributed by atoms with Crippen LogP contribution in [0.15, 0.2) is 48.6 Å². The van der Waals surface area contributed by atoms with Crippen LogP contribution in [-0.4, -0.2) is 98.3 Å². The zero-order valence-electron chi connectivity index (χ0n) is 37.4. The molecule has 354 valence electrons. The number of esters is 2. The second kappa shape index (κ2) is 37.2. The van der Waals surface area contributed by atoms with Crippen molar-refractivity contribution in [3.05, 3.63) is 48.6 Å². The number of phosphoric acid groups is 1. The van der Waals surface area contributed by atoms with Gasteiger partial charge in [0.1, 0.15) is 43.2 Å². The van der Waals surface area contributed by atoms with E-state index in [-0.39, 0.29) is 12.8 Å². The first-order valence-electron chi connectivity index (χ1n) is 23.4. The molecule has 6 N–H and O–H groups in total. The number of hydrogen-bond acceptors (Lipinski definition) is 12. The van der Waals surface area contributed by atoms with Crippen molar-refractivity contribution in [2.45, 2.75) is 224 Å². The van der Waals surface area contributed by atoms with Crippen LogP contribution in [-0.2, 0) is 32.7 Å². The minimum Gasteiger partial charge on any atom is -0.462 e. The summed E-state index contributed by atoms with van der Waals surface area (Å²) in [6.45, 7) is 3.23. The molecule has 0 radical (unpaired) electrons. The first kappa shape index (κ1) is 56.8. The molecule has 0 aromatic carbocycles. The van der Waals surface area contributed by atoms with Gasteiger partial charge in [0.15, 0.2) is 6.10 Å². The van der Waals surface area contributed by atoms with Crippen LogP contribution in [0.5, 0.6) is 0 Å². The van der Waals surface area contributed by atoms with Gasteiger partial charge >= 0.3 is 19.8 Å². The summed E-state index contributed by atoms with van der Waals surface area (Å²) in [4.78, 5) is 35.6. The summed E-state index contributed by atoms with van der Waals surface area (Å²) in [5.41, 5.74) is 0. The highest BCUT2D eigenvalue weighted by molar-refractivity contribution is 7.47. The van der Waals surface area contributed by atoms with Crippen LogP contribution in [0, 0.1) is 0 Å². The van der Waals surface area contributed by atoms with Crippen LogP contribution in [0.4, 0.5) is 0 Å². The number of carbonyl (C=O) groups is 2. The van der Waals surface area contributed by atoms with Gasteiger partial charge in [-0.3, -0.25) is 18.6 Å². The summed E-state index contributed by atoms with van der Waals surface area (Å²) in [6, 6.07) is 0. The lowest BCUT2D eigenvalue weighted by Crippen LogP contribution is -2.64. The SMILES string of the molecule is CCCCCCCC/C=C/C/C=C/CCCCC(=O)OC[C@H](COP(=O)(O)OC1C(O)C(O)C(O)[C@H](O)C1O)OC(=O)CCC/C=C/C/C=C/CCCCCCCCCCC. The van der Waals surface area contributed by atoms with Gasteiger partial charge < -0.3 is 39.9 Å². The lowest BCUT2D eigenvalue weighted by molar-refractivity contribution is -0.220. The Bertz CT molecular complexity index is 1250. The molecule has 0 bridgehead atoms. The van der Waals surface area contributed by atoms with Gasteiger partial charge in [-0.2, -0.15) is 0 Å². The predicted molar refractivity (Wildman–Crippen MR) is 239 cm³/mol. The van der Waals surface area contributed by atoms with Gasteiger partial charge in [0.25, 0.3) is 0 Å². The summed E-state index contributed by atoms with van der Waals surface area (Å²) < 4.78 is 33.4. The third kappa shape index (κ3) is 29.7. The molecule has 0 aromatic rings. The van der Waals surface area contributed by atoms with Crippen LogP contribution in [0.2, 0.25) is 0 Å². The molecule has 0 saturated heterocycles. The van der Waals surface area contributed by atoms with Crippen LogP contribution < -0.4 is 0 Å².